The Hall–Kier alpha value is -2.97. The van der Waals surface area contributed by atoms with E-state index < -0.39 is 0 Å². The number of hydrogen-bond acceptors (Lipinski definition) is 6. The fourth-order valence-electron chi connectivity index (χ4n) is 4.73. The summed E-state index contributed by atoms with van der Waals surface area (Å²) < 4.78 is 13.3. The standard InChI is InChI=1S/C24H29N5O3/c1-3-29-21-8-10-31-14-19(21)20(27-29)13-28-9-7-18(12-28)26-24(30)22-23(32-15-25-22)17-6-4-5-16(2)11-17/h4-6,11,15,18H,3,7-10,12-14H2,1-2H3,(H,26,30). The normalized spacial score (nSPS) is 18.6. The molecule has 1 unspecified atom stereocenters. The van der Waals surface area contributed by atoms with Crippen LogP contribution >= 0.6 is 0 Å². The fraction of sp³-hybridized carbons (Fsp3) is 0.458. The first-order chi connectivity index (χ1) is 15.6. The quantitative estimate of drug-likeness (QED) is 0.641. The summed E-state index contributed by atoms with van der Waals surface area (Å²) in [6.07, 6.45) is 3.16. The van der Waals surface area contributed by atoms with Gasteiger partial charge in [-0.3, -0.25) is 14.4 Å². The molecule has 168 valence electrons. The number of carbonyl (C=O) groups is 1. The lowest BCUT2D eigenvalue weighted by molar-refractivity contribution is 0.0933. The number of aromatic nitrogens is 3. The van der Waals surface area contributed by atoms with Gasteiger partial charge in [0.25, 0.3) is 5.91 Å². The van der Waals surface area contributed by atoms with Gasteiger partial charge < -0.3 is 14.5 Å². The second-order valence-corrected chi connectivity index (χ2v) is 8.58. The third-order valence-electron chi connectivity index (χ3n) is 6.32. The highest BCUT2D eigenvalue weighted by Gasteiger charge is 2.29. The Morgan fingerprint density at radius 1 is 1.34 bits per heavy atom. The topological polar surface area (TPSA) is 85.4 Å². The van der Waals surface area contributed by atoms with Crippen LogP contribution in [-0.4, -0.2) is 51.3 Å². The van der Waals surface area contributed by atoms with Crippen molar-refractivity contribution in [2.24, 2.45) is 0 Å². The molecule has 1 fully saturated rings. The summed E-state index contributed by atoms with van der Waals surface area (Å²) in [6, 6.07) is 7.97. The summed E-state index contributed by atoms with van der Waals surface area (Å²) >= 11 is 0. The van der Waals surface area contributed by atoms with Gasteiger partial charge in [-0.15, -0.1) is 0 Å². The summed E-state index contributed by atoms with van der Waals surface area (Å²) in [4.78, 5) is 19.5. The zero-order valence-electron chi connectivity index (χ0n) is 18.6. The van der Waals surface area contributed by atoms with Crippen molar-refractivity contribution >= 4 is 5.91 Å². The number of ether oxygens (including phenoxy) is 1. The Balaban J connectivity index is 1.24. The van der Waals surface area contributed by atoms with E-state index in [1.165, 1.54) is 17.7 Å². The van der Waals surface area contributed by atoms with Crippen molar-refractivity contribution in [3.63, 3.8) is 0 Å². The smallest absolute Gasteiger partial charge is 0.274 e. The first-order valence-corrected chi connectivity index (χ1v) is 11.3. The van der Waals surface area contributed by atoms with E-state index in [0.717, 1.165) is 62.4 Å². The first kappa shape index (κ1) is 20.9. The van der Waals surface area contributed by atoms with E-state index in [1.807, 2.05) is 31.2 Å². The van der Waals surface area contributed by atoms with Gasteiger partial charge in [0.2, 0.25) is 0 Å². The molecule has 0 radical (unpaired) electrons. The van der Waals surface area contributed by atoms with Gasteiger partial charge in [0.05, 0.1) is 18.9 Å². The maximum Gasteiger partial charge on any atom is 0.274 e. The number of fused-ring (bicyclic) bond motifs is 1. The lowest BCUT2D eigenvalue weighted by atomic mass is 10.1. The van der Waals surface area contributed by atoms with Crippen molar-refractivity contribution in [2.75, 3.05) is 19.7 Å². The average molecular weight is 436 g/mol. The molecule has 1 saturated heterocycles. The van der Waals surface area contributed by atoms with E-state index in [-0.39, 0.29) is 11.9 Å². The summed E-state index contributed by atoms with van der Waals surface area (Å²) in [5, 5.41) is 7.99. The van der Waals surface area contributed by atoms with E-state index >= 15 is 0 Å². The van der Waals surface area contributed by atoms with E-state index in [9.17, 15) is 4.79 Å². The molecule has 0 aliphatic carbocycles. The number of nitrogens with one attached hydrogen (secondary N) is 1. The minimum absolute atomic E-state index is 0.0740. The van der Waals surface area contributed by atoms with Gasteiger partial charge in [-0.1, -0.05) is 23.8 Å². The highest BCUT2D eigenvalue weighted by molar-refractivity contribution is 5.97. The summed E-state index contributed by atoms with van der Waals surface area (Å²) in [7, 11) is 0. The van der Waals surface area contributed by atoms with E-state index in [1.54, 1.807) is 0 Å². The summed E-state index contributed by atoms with van der Waals surface area (Å²) in [5.74, 6) is 0.320. The van der Waals surface area contributed by atoms with E-state index in [2.05, 4.69) is 26.8 Å². The highest BCUT2D eigenvalue weighted by Crippen LogP contribution is 2.26. The fourth-order valence-corrected chi connectivity index (χ4v) is 4.73. The number of carbonyl (C=O) groups excluding carboxylic acids is 1. The maximum absolute atomic E-state index is 13.0. The molecule has 0 bridgehead atoms. The van der Waals surface area contributed by atoms with Crippen LogP contribution in [0.5, 0.6) is 0 Å². The third-order valence-corrected chi connectivity index (χ3v) is 6.32. The number of aryl methyl sites for hydroxylation is 2. The SMILES string of the molecule is CCn1nc(CN2CCC(NC(=O)c3ncoc3-c3cccc(C)c3)C2)c2c1CCOC2. The van der Waals surface area contributed by atoms with Crippen LogP contribution in [-0.2, 0) is 30.9 Å². The summed E-state index contributed by atoms with van der Waals surface area (Å²) in [6.45, 7) is 8.92. The van der Waals surface area contributed by atoms with Crippen molar-refractivity contribution in [1.29, 1.82) is 0 Å². The van der Waals surface area contributed by atoms with Gasteiger partial charge in [0.1, 0.15) is 0 Å². The van der Waals surface area contributed by atoms with Crippen LogP contribution in [0, 0.1) is 6.92 Å². The van der Waals surface area contributed by atoms with Crippen LogP contribution in [0.15, 0.2) is 35.1 Å². The number of benzene rings is 1. The average Bonchev–Trinajstić information content (AvgIpc) is 3.53. The van der Waals surface area contributed by atoms with Crippen LogP contribution in [0.1, 0.15) is 46.3 Å². The molecule has 2 aromatic heterocycles. The number of amides is 1. The minimum atomic E-state index is -0.192. The molecule has 0 saturated carbocycles. The number of hydrogen-bond donors (Lipinski definition) is 1. The van der Waals surface area contributed by atoms with Crippen LogP contribution < -0.4 is 5.32 Å². The van der Waals surface area contributed by atoms with Crippen molar-refractivity contribution in [3.05, 3.63) is 58.9 Å². The molecule has 8 heteroatoms. The molecule has 4 heterocycles. The Morgan fingerprint density at radius 3 is 3.09 bits per heavy atom. The molecule has 5 rings (SSSR count). The van der Waals surface area contributed by atoms with Crippen molar-refractivity contribution in [3.8, 4) is 11.3 Å². The Bertz CT molecular complexity index is 1120. The number of nitrogens with zero attached hydrogens (tertiary/aromatic N) is 4. The molecule has 1 amide bonds. The van der Waals surface area contributed by atoms with Crippen LogP contribution in [0.2, 0.25) is 0 Å². The largest absolute Gasteiger partial charge is 0.443 e. The minimum Gasteiger partial charge on any atom is -0.443 e. The third kappa shape index (κ3) is 4.08. The predicted molar refractivity (Wildman–Crippen MR) is 119 cm³/mol. The van der Waals surface area contributed by atoms with Crippen molar-refractivity contribution in [2.45, 2.75) is 52.4 Å². The summed E-state index contributed by atoms with van der Waals surface area (Å²) in [5.41, 5.74) is 5.96. The predicted octanol–water partition coefficient (Wildman–Crippen LogP) is 2.94. The van der Waals surface area contributed by atoms with Gasteiger partial charge in [-0.2, -0.15) is 5.10 Å². The van der Waals surface area contributed by atoms with Gasteiger partial charge in [-0.25, -0.2) is 4.98 Å². The molecule has 1 aromatic carbocycles. The molecular weight excluding hydrogens is 406 g/mol. The molecule has 1 atom stereocenters. The molecule has 8 nitrogen and oxygen atoms in total. The number of oxazole rings is 1. The zero-order chi connectivity index (χ0) is 22.1. The van der Waals surface area contributed by atoms with Gasteiger partial charge in [-0.05, 0) is 26.3 Å². The Labute approximate surface area is 187 Å². The number of rotatable bonds is 6. The monoisotopic (exact) mass is 435 g/mol. The van der Waals surface area contributed by atoms with Crippen LogP contribution in [0.4, 0.5) is 0 Å². The maximum atomic E-state index is 13.0. The molecule has 2 aliphatic heterocycles. The zero-order valence-corrected chi connectivity index (χ0v) is 18.6. The molecule has 0 spiro atoms. The van der Waals surface area contributed by atoms with E-state index in [4.69, 9.17) is 14.3 Å². The van der Waals surface area contributed by atoms with Gasteiger partial charge in [0, 0.05) is 55.5 Å². The Morgan fingerprint density at radius 2 is 2.25 bits per heavy atom. The van der Waals surface area contributed by atoms with Gasteiger partial charge in [0.15, 0.2) is 17.8 Å². The lowest BCUT2D eigenvalue weighted by Gasteiger charge is -2.18. The van der Waals surface area contributed by atoms with Gasteiger partial charge >= 0.3 is 0 Å². The lowest BCUT2D eigenvalue weighted by Crippen LogP contribution is -2.37. The van der Waals surface area contributed by atoms with E-state index in [0.29, 0.717) is 18.1 Å². The molecular formula is C24H29N5O3. The second kappa shape index (κ2) is 8.88. The van der Waals surface area contributed by atoms with Crippen LogP contribution in [0.25, 0.3) is 11.3 Å². The van der Waals surface area contributed by atoms with Crippen molar-refractivity contribution < 1.29 is 13.9 Å². The number of likely N-dealkylation sites (tertiary alicyclic amines) is 1. The molecule has 3 aromatic rings. The highest BCUT2D eigenvalue weighted by atomic mass is 16.5. The Kier molecular flexibility index (Phi) is 5.80. The molecule has 2 aliphatic rings. The second-order valence-electron chi connectivity index (χ2n) is 8.58. The van der Waals surface area contributed by atoms with Crippen LogP contribution in [0.3, 0.4) is 0 Å². The molecule has 32 heavy (non-hydrogen) atoms. The first-order valence-electron chi connectivity index (χ1n) is 11.3. The molecule has 1 N–H and O–H groups in total. The van der Waals surface area contributed by atoms with Crippen molar-refractivity contribution in [1.82, 2.24) is 25.0 Å².